The monoisotopic (exact) mass is 385 g/mol. The molecule has 3 aromatic heterocycles. The summed E-state index contributed by atoms with van der Waals surface area (Å²) in [5.74, 6) is 1.12. The molecule has 0 atom stereocenters. The van der Waals surface area contributed by atoms with Crippen LogP contribution in [0.2, 0.25) is 0 Å². The smallest absolute Gasteiger partial charge is 0.271 e. The summed E-state index contributed by atoms with van der Waals surface area (Å²) >= 11 is 0. The molecular formula is C21H19N7O. The Morgan fingerprint density at radius 1 is 0.966 bits per heavy atom. The molecular weight excluding hydrogens is 366 g/mol. The number of hydrogen-bond acceptors (Lipinski definition) is 5. The number of nitrogens with zero attached hydrogens (tertiary/aromatic N) is 7. The molecule has 1 amide bonds. The van der Waals surface area contributed by atoms with Crippen molar-refractivity contribution >= 4 is 5.91 Å². The summed E-state index contributed by atoms with van der Waals surface area (Å²) in [6.45, 7) is 1.85. The summed E-state index contributed by atoms with van der Waals surface area (Å²) in [6.07, 6.45) is 1.72. The zero-order valence-electron chi connectivity index (χ0n) is 15.9. The van der Waals surface area contributed by atoms with E-state index in [0.717, 1.165) is 5.56 Å². The number of rotatable bonds is 4. The number of likely N-dealkylation sites (N-methyl/N-ethyl adjacent to an activating group) is 1. The van der Waals surface area contributed by atoms with Gasteiger partial charge in [-0.15, -0.1) is 5.10 Å². The van der Waals surface area contributed by atoms with E-state index >= 15 is 0 Å². The van der Waals surface area contributed by atoms with Gasteiger partial charge in [0.1, 0.15) is 17.1 Å². The third-order valence-corrected chi connectivity index (χ3v) is 4.96. The maximum atomic E-state index is 12.5. The molecule has 29 heavy (non-hydrogen) atoms. The molecule has 1 aromatic carbocycles. The third-order valence-electron chi connectivity index (χ3n) is 4.96. The van der Waals surface area contributed by atoms with Crippen molar-refractivity contribution in [1.29, 1.82) is 0 Å². The van der Waals surface area contributed by atoms with Gasteiger partial charge >= 0.3 is 0 Å². The second-order valence-corrected chi connectivity index (χ2v) is 6.98. The average molecular weight is 385 g/mol. The second-order valence-electron chi connectivity index (χ2n) is 6.98. The van der Waals surface area contributed by atoms with Crippen LogP contribution in [0.25, 0.3) is 23.0 Å². The van der Waals surface area contributed by atoms with Crippen LogP contribution >= 0.6 is 0 Å². The maximum absolute atomic E-state index is 12.5. The maximum Gasteiger partial charge on any atom is 0.271 e. The minimum atomic E-state index is -0.0333. The van der Waals surface area contributed by atoms with Crippen LogP contribution in [-0.2, 0) is 13.1 Å². The molecule has 0 unspecified atom stereocenters. The van der Waals surface area contributed by atoms with Gasteiger partial charge in [0.25, 0.3) is 5.91 Å². The predicted octanol–water partition coefficient (Wildman–Crippen LogP) is 2.34. The minimum absolute atomic E-state index is 0.0333. The summed E-state index contributed by atoms with van der Waals surface area (Å²) in [6, 6.07) is 17.5. The number of aromatic nitrogens is 6. The van der Waals surface area contributed by atoms with Gasteiger partial charge in [0.2, 0.25) is 0 Å². The lowest BCUT2D eigenvalue weighted by Crippen LogP contribution is -2.37. The fraction of sp³-hybridized carbons (Fsp3) is 0.190. The van der Waals surface area contributed by atoms with E-state index in [2.05, 4.69) is 10.1 Å². The molecule has 4 aromatic rings. The van der Waals surface area contributed by atoms with Crippen molar-refractivity contribution in [3.05, 3.63) is 72.1 Å². The molecule has 0 fully saturated rings. The quantitative estimate of drug-likeness (QED) is 0.539. The van der Waals surface area contributed by atoms with Crippen LogP contribution in [0.5, 0.6) is 0 Å². The van der Waals surface area contributed by atoms with Gasteiger partial charge < -0.3 is 4.90 Å². The molecule has 4 heterocycles. The molecule has 144 valence electrons. The van der Waals surface area contributed by atoms with Crippen LogP contribution in [0.3, 0.4) is 0 Å². The van der Waals surface area contributed by atoms with Crippen LogP contribution < -0.4 is 0 Å². The van der Waals surface area contributed by atoms with E-state index in [1.165, 1.54) is 0 Å². The minimum Gasteiger partial charge on any atom is -0.339 e. The SMILES string of the molecule is CN1CCn2nc(-c3nc(-c4ccccn4)nn3Cc3ccccc3)cc2C1=O. The van der Waals surface area contributed by atoms with Crippen LogP contribution in [0, 0.1) is 0 Å². The Hall–Kier alpha value is -3.81. The van der Waals surface area contributed by atoms with E-state index in [0.29, 0.717) is 48.4 Å². The molecule has 0 N–H and O–H groups in total. The Kier molecular flexibility index (Phi) is 4.16. The number of carbonyl (C=O) groups excluding carboxylic acids is 1. The number of benzene rings is 1. The normalized spacial score (nSPS) is 13.6. The van der Waals surface area contributed by atoms with Crippen LogP contribution in [-0.4, -0.2) is 53.9 Å². The summed E-state index contributed by atoms with van der Waals surface area (Å²) in [5, 5.41) is 9.33. The van der Waals surface area contributed by atoms with E-state index in [1.54, 1.807) is 28.9 Å². The largest absolute Gasteiger partial charge is 0.339 e. The molecule has 1 aliphatic rings. The first-order valence-electron chi connectivity index (χ1n) is 9.43. The summed E-state index contributed by atoms with van der Waals surface area (Å²) in [4.78, 5) is 23.3. The van der Waals surface area contributed by atoms with E-state index in [-0.39, 0.29) is 5.91 Å². The summed E-state index contributed by atoms with van der Waals surface area (Å²) in [5.41, 5.74) is 3.00. The van der Waals surface area contributed by atoms with E-state index in [4.69, 9.17) is 10.1 Å². The highest BCUT2D eigenvalue weighted by Gasteiger charge is 2.26. The molecule has 8 heteroatoms. The third kappa shape index (κ3) is 3.18. The molecule has 1 aliphatic heterocycles. The van der Waals surface area contributed by atoms with Crippen LogP contribution in [0.15, 0.2) is 60.8 Å². The van der Waals surface area contributed by atoms with Crippen molar-refractivity contribution in [3.8, 4) is 23.0 Å². The van der Waals surface area contributed by atoms with Gasteiger partial charge in [-0.2, -0.15) is 5.10 Å². The molecule has 8 nitrogen and oxygen atoms in total. The number of hydrogen-bond donors (Lipinski definition) is 0. The van der Waals surface area contributed by atoms with Crippen molar-refractivity contribution in [2.75, 3.05) is 13.6 Å². The lowest BCUT2D eigenvalue weighted by Gasteiger charge is -2.22. The Morgan fingerprint density at radius 3 is 2.59 bits per heavy atom. The van der Waals surface area contributed by atoms with E-state index in [9.17, 15) is 4.79 Å². The first-order valence-corrected chi connectivity index (χ1v) is 9.43. The van der Waals surface area contributed by atoms with E-state index < -0.39 is 0 Å². The lowest BCUT2D eigenvalue weighted by atomic mass is 10.2. The highest BCUT2D eigenvalue weighted by molar-refractivity contribution is 5.94. The zero-order valence-corrected chi connectivity index (χ0v) is 15.9. The number of amides is 1. The van der Waals surface area contributed by atoms with Crippen molar-refractivity contribution in [2.45, 2.75) is 13.1 Å². The molecule has 0 saturated heterocycles. The van der Waals surface area contributed by atoms with Gasteiger partial charge in [-0.1, -0.05) is 36.4 Å². The predicted molar refractivity (Wildman–Crippen MR) is 107 cm³/mol. The molecule has 0 aliphatic carbocycles. The highest BCUT2D eigenvalue weighted by Crippen LogP contribution is 2.24. The lowest BCUT2D eigenvalue weighted by molar-refractivity contribution is 0.0743. The Labute approximate surface area is 167 Å². The van der Waals surface area contributed by atoms with Gasteiger partial charge in [-0.25, -0.2) is 9.67 Å². The molecule has 0 spiro atoms. The standard InChI is InChI=1S/C21H19N7O/c1-26-11-12-27-18(21(26)29)13-17(24-27)20-23-19(16-9-5-6-10-22-16)25-28(20)14-15-7-3-2-4-8-15/h2-10,13H,11-12,14H2,1H3. The van der Waals surface area contributed by atoms with Gasteiger partial charge in [-0.05, 0) is 17.7 Å². The Balaban J connectivity index is 1.60. The number of fused-ring (bicyclic) bond motifs is 1. The Morgan fingerprint density at radius 2 is 1.79 bits per heavy atom. The molecule has 0 saturated carbocycles. The first kappa shape index (κ1) is 17.3. The zero-order chi connectivity index (χ0) is 19.8. The van der Waals surface area contributed by atoms with Crippen molar-refractivity contribution in [3.63, 3.8) is 0 Å². The van der Waals surface area contributed by atoms with Gasteiger partial charge in [0.05, 0.1) is 13.1 Å². The second kappa shape index (κ2) is 6.97. The first-order chi connectivity index (χ1) is 14.2. The van der Waals surface area contributed by atoms with Gasteiger partial charge in [0, 0.05) is 25.9 Å². The van der Waals surface area contributed by atoms with E-state index in [1.807, 2.05) is 53.2 Å². The van der Waals surface area contributed by atoms with Crippen molar-refractivity contribution in [1.82, 2.24) is 34.4 Å². The van der Waals surface area contributed by atoms with Crippen molar-refractivity contribution in [2.24, 2.45) is 0 Å². The van der Waals surface area contributed by atoms with Crippen LogP contribution in [0.1, 0.15) is 16.1 Å². The topological polar surface area (TPSA) is 81.7 Å². The molecule has 5 rings (SSSR count). The summed E-state index contributed by atoms with van der Waals surface area (Å²) in [7, 11) is 1.80. The fourth-order valence-corrected chi connectivity index (χ4v) is 3.41. The summed E-state index contributed by atoms with van der Waals surface area (Å²) < 4.78 is 3.57. The Bertz CT molecular complexity index is 1160. The molecule has 0 bridgehead atoms. The number of pyridine rings is 1. The van der Waals surface area contributed by atoms with Gasteiger partial charge in [-0.3, -0.25) is 14.5 Å². The highest BCUT2D eigenvalue weighted by atomic mass is 16.2. The van der Waals surface area contributed by atoms with Crippen molar-refractivity contribution < 1.29 is 4.79 Å². The van der Waals surface area contributed by atoms with Gasteiger partial charge in [0.15, 0.2) is 11.6 Å². The number of carbonyl (C=O) groups is 1. The average Bonchev–Trinajstić information content (AvgIpc) is 3.37. The fourth-order valence-electron chi connectivity index (χ4n) is 3.41. The van der Waals surface area contributed by atoms with Crippen LogP contribution in [0.4, 0.5) is 0 Å². The molecule has 0 radical (unpaired) electrons.